The molecule has 0 aromatic heterocycles. The van der Waals surface area contributed by atoms with Crippen LogP contribution in [-0.2, 0) is 16.0 Å². The third-order valence-corrected chi connectivity index (χ3v) is 2.77. The van der Waals surface area contributed by atoms with E-state index in [-0.39, 0.29) is 24.0 Å². The molecule has 108 valence electrons. The maximum atomic E-state index is 11.9. The lowest BCUT2D eigenvalue weighted by Gasteiger charge is -2.08. The first-order valence-electron chi connectivity index (χ1n) is 6.48. The Bertz CT molecular complexity index is 651. The molecule has 2 aromatic rings. The van der Waals surface area contributed by atoms with Crippen LogP contribution in [0.1, 0.15) is 12.5 Å². The van der Waals surface area contributed by atoms with E-state index in [1.807, 2.05) is 0 Å². The normalized spacial score (nSPS) is 9.95. The van der Waals surface area contributed by atoms with Gasteiger partial charge in [0.1, 0.15) is 5.75 Å². The van der Waals surface area contributed by atoms with E-state index in [2.05, 4.69) is 10.6 Å². The van der Waals surface area contributed by atoms with Crippen molar-refractivity contribution in [1.82, 2.24) is 0 Å². The summed E-state index contributed by atoms with van der Waals surface area (Å²) in [6, 6.07) is 13.4. The second kappa shape index (κ2) is 6.56. The zero-order valence-corrected chi connectivity index (χ0v) is 11.6. The van der Waals surface area contributed by atoms with Gasteiger partial charge in [0.15, 0.2) is 0 Å². The average Bonchev–Trinajstić information content (AvgIpc) is 2.41. The van der Waals surface area contributed by atoms with E-state index in [0.29, 0.717) is 11.4 Å². The number of hydrogen-bond acceptors (Lipinski definition) is 3. The van der Waals surface area contributed by atoms with Crippen LogP contribution >= 0.6 is 0 Å². The summed E-state index contributed by atoms with van der Waals surface area (Å²) < 4.78 is 0. The Kier molecular flexibility index (Phi) is 4.56. The molecule has 0 atom stereocenters. The molecule has 0 saturated carbocycles. The molecule has 5 heteroatoms. The Hall–Kier alpha value is -2.82. The van der Waals surface area contributed by atoms with Gasteiger partial charge >= 0.3 is 0 Å². The Morgan fingerprint density at radius 3 is 2.24 bits per heavy atom. The van der Waals surface area contributed by atoms with Crippen LogP contribution in [0.2, 0.25) is 0 Å². The molecule has 21 heavy (non-hydrogen) atoms. The number of carbonyl (C=O) groups is 2. The van der Waals surface area contributed by atoms with Crippen LogP contribution in [0, 0.1) is 0 Å². The number of nitrogens with one attached hydrogen (secondary N) is 2. The summed E-state index contributed by atoms with van der Waals surface area (Å²) in [7, 11) is 0. The SMILES string of the molecule is CC(=O)Nc1cccc(NC(=O)Cc2ccc(O)cc2)c1. The third kappa shape index (κ3) is 4.65. The fraction of sp³-hybridized carbons (Fsp3) is 0.125. The Morgan fingerprint density at radius 1 is 1.00 bits per heavy atom. The molecule has 0 heterocycles. The van der Waals surface area contributed by atoms with Crippen LogP contribution in [0.4, 0.5) is 11.4 Å². The zero-order valence-electron chi connectivity index (χ0n) is 11.6. The second-order valence-corrected chi connectivity index (χ2v) is 4.65. The maximum absolute atomic E-state index is 11.9. The minimum absolute atomic E-state index is 0.164. The van der Waals surface area contributed by atoms with Crippen molar-refractivity contribution in [2.45, 2.75) is 13.3 Å². The highest BCUT2D eigenvalue weighted by molar-refractivity contribution is 5.94. The predicted molar refractivity (Wildman–Crippen MR) is 81.2 cm³/mol. The lowest BCUT2D eigenvalue weighted by molar-refractivity contribution is -0.115. The predicted octanol–water partition coefficient (Wildman–Crippen LogP) is 2.53. The van der Waals surface area contributed by atoms with Crippen molar-refractivity contribution in [3.8, 4) is 5.75 Å². The topological polar surface area (TPSA) is 78.4 Å². The van der Waals surface area contributed by atoms with Gasteiger partial charge in [0.2, 0.25) is 11.8 Å². The van der Waals surface area contributed by atoms with Gasteiger partial charge in [0.05, 0.1) is 6.42 Å². The summed E-state index contributed by atoms with van der Waals surface area (Å²) in [6.45, 7) is 1.43. The highest BCUT2D eigenvalue weighted by Crippen LogP contribution is 2.16. The molecule has 0 spiro atoms. The number of rotatable bonds is 4. The van der Waals surface area contributed by atoms with Crippen molar-refractivity contribution < 1.29 is 14.7 Å². The average molecular weight is 284 g/mol. The van der Waals surface area contributed by atoms with Crippen LogP contribution in [0.3, 0.4) is 0 Å². The smallest absolute Gasteiger partial charge is 0.228 e. The molecular formula is C16H16N2O3. The van der Waals surface area contributed by atoms with E-state index in [0.717, 1.165) is 5.56 Å². The van der Waals surface area contributed by atoms with Gasteiger partial charge in [-0.3, -0.25) is 9.59 Å². The van der Waals surface area contributed by atoms with Crippen LogP contribution in [0.5, 0.6) is 5.75 Å². The fourth-order valence-electron chi connectivity index (χ4n) is 1.88. The van der Waals surface area contributed by atoms with E-state index in [9.17, 15) is 14.7 Å². The maximum Gasteiger partial charge on any atom is 0.228 e. The number of benzene rings is 2. The van der Waals surface area contributed by atoms with Crippen LogP contribution < -0.4 is 10.6 Å². The van der Waals surface area contributed by atoms with Crippen molar-refractivity contribution in [2.24, 2.45) is 0 Å². The first kappa shape index (κ1) is 14.6. The summed E-state index contributed by atoms with van der Waals surface area (Å²) in [5.41, 5.74) is 2.05. The number of carbonyl (C=O) groups excluding carboxylic acids is 2. The van der Waals surface area contributed by atoms with Crippen molar-refractivity contribution >= 4 is 23.2 Å². The van der Waals surface area contributed by atoms with Crippen molar-refractivity contribution in [3.05, 3.63) is 54.1 Å². The van der Waals surface area contributed by atoms with Gasteiger partial charge in [0.25, 0.3) is 0 Å². The molecule has 2 amide bonds. The number of anilines is 2. The molecule has 2 rings (SSSR count). The summed E-state index contributed by atoms with van der Waals surface area (Å²) in [6.07, 6.45) is 0.213. The van der Waals surface area contributed by atoms with Crippen molar-refractivity contribution in [1.29, 1.82) is 0 Å². The summed E-state index contributed by atoms with van der Waals surface area (Å²) in [5, 5.41) is 14.6. The fourth-order valence-corrected chi connectivity index (χ4v) is 1.88. The highest BCUT2D eigenvalue weighted by Gasteiger charge is 2.05. The summed E-state index contributed by atoms with van der Waals surface area (Å²) in [4.78, 5) is 22.9. The molecule has 0 fully saturated rings. The molecule has 0 radical (unpaired) electrons. The van der Waals surface area contributed by atoms with Crippen LogP contribution in [0.25, 0.3) is 0 Å². The first-order valence-corrected chi connectivity index (χ1v) is 6.48. The van der Waals surface area contributed by atoms with Gasteiger partial charge < -0.3 is 15.7 Å². The van der Waals surface area contributed by atoms with Gasteiger partial charge in [0, 0.05) is 18.3 Å². The summed E-state index contributed by atoms with van der Waals surface area (Å²) >= 11 is 0. The number of amides is 2. The van der Waals surface area contributed by atoms with E-state index in [1.54, 1.807) is 48.5 Å². The largest absolute Gasteiger partial charge is 0.508 e. The first-order chi connectivity index (χ1) is 10.0. The highest BCUT2D eigenvalue weighted by atomic mass is 16.3. The van der Waals surface area contributed by atoms with E-state index < -0.39 is 0 Å². The van der Waals surface area contributed by atoms with E-state index in [4.69, 9.17) is 0 Å². The molecule has 0 bridgehead atoms. The van der Waals surface area contributed by atoms with Crippen molar-refractivity contribution in [3.63, 3.8) is 0 Å². The summed E-state index contributed by atoms with van der Waals surface area (Å²) in [5.74, 6) is -0.162. The van der Waals surface area contributed by atoms with E-state index >= 15 is 0 Å². The van der Waals surface area contributed by atoms with Crippen LogP contribution in [0.15, 0.2) is 48.5 Å². The third-order valence-electron chi connectivity index (χ3n) is 2.77. The number of phenolic OH excluding ortho intramolecular Hbond substituents is 1. The second-order valence-electron chi connectivity index (χ2n) is 4.65. The number of phenols is 1. The zero-order chi connectivity index (χ0) is 15.2. The number of aromatic hydroxyl groups is 1. The van der Waals surface area contributed by atoms with Gasteiger partial charge in [-0.05, 0) is 35.9 Å². The molecule has 0 unspecified atom stereocenters. The van der Waals surface area contributed by atoms with Gasteiger partial charge in [-0.25, -0.2) is 0 Å². The molecule has 0 aliphatic rings. The van der Waals surface area contributed by atoms with Crippen molar-refractivity contribution in [2.75, 3.05) is 10.6 Å². The Morgan fingerprint density at radius 2 is 1.62 bits per heavy atom. The lowest BCUT2D eigenvalue weighted by Crippen LogP contribution is -2.14. The number of hydrogen-bond donors (Lipinski definition) is 3. The van der Waals surface area contributed by atoms with Gasteiger partial charge in [-0.15, -0.1) is 0 Å². The van der Waals surface area contributed by atoms with Gasteiger partial charge in [-0.2, -0.15) is 0 Å². The molecular weight excluding hydrogens is 268 g/mol. The molecule has 0 saturated heterocycles. The molecule has 5 nitrogen and oxygen atoms in total. The monoisotopic (exact) mass is 284 g/mol. The standard InChI is InChI=1S/C16H16N2O3/c1-11(19)17-13-3-2-4-14(10-13)18-16(21)9-12-5-7-15(20)8-6-12/h2-8,10,20H,9H2,1H3,(H,17,19)(H,18,21). The lowest BCUT2D eigenvalue weighted by atomic mass is 10.1. The Balaban J connectivity index is 1.99. The molecule has 0 aliphatic heterocycles. The van der Waals surface area contributed by atoms with Crippen LogP contribution in [-0.4, -0.2) is 16.9 Å². The minimum atomic E-state index is -0.166. The Labute approximate surface area is 122 Å². The minimum Gasteiger partial charge on any atom is -0.508 e. The molecule has 2 aromatic carbocycles. The van der Waals surface area contributed by atoms with E-state index in [1.165, 1.54) is 6.92 Å². The molecule has 3 N–H and O–H groups in total. The molecule has 0 aliphatic carbocycles. The van der Waals surface area contributed by atoms with Gasteiger partial charge in [-0.1, -0.05) is 18.2 Å². The quantitative estimate of drug-likeness (QED) is 0.807.